The highest BCUT2D eigenvalue weighted by atomic mass is 19.1. The minimum absolute atomic E-state index is 0.326. The Hall–Kier alpha value is -3.82. The Bertz CT molecular complexity index is 1460. The van der Waals surface area contributed by atoms with Crippen LogP contribution in [0.3, 0.4) is 0 Å². The molecule has 3 heterocycles. The molecule has 1 aliphatic rings. The van der Waals surface area contributed by atoms with Gasteiger partial charge in [-0.15, -0.1) is 0 Å². The van der Waals surface area contributed by atoms with Crippen LogP contribution in [0.2, 0.25) is 0 Å². The summed E-state index contributed by atoms with van der Waals surface area (Å²) in [6, 6.07) is 19.4. The lowest BCUT2D eigenvalue weighted by atomic mass is 9.87. The molecule has 3 unspecified atom stereocenters. The first-order valence-corrected chi connectivity index (χ1v) is 14.4. The Labute approximate surface area is 238 Å². The summed E-state index contributed by atoms with van der Waals surface area (Å²) in [7, 11) is 0. The van der Waals surface area contributed by atoms with Crippen LogP contribution in [0.4, 0.5) is 4.39 Å². The van der Waals surface area contributed by atoms with Crippen LogP contribution in [-0.4, -0.2) is 27.8 Å². The maximum Gasteiger partial charge on any atom is 0.152 e. The number of benzene rings is 2. The van der Waals surface area contributed by atoms with E-state index in [4.69, 9.17) is 0 Å². The number of hydrogen-bond acceptors (Lipinski definition) is 4. The van der Waals surface area contributed by atoms with Crippen molar-refractivity contribution in [2.75, 3.05) is 0 Å². The minimum Gasteiger partial charge on any atom is -0.311 e. The quantitative estimate of drug-likeness (QED) is 0.239. The standard InChI is InChI=1S/C22H14FN3O.C10H21N.C2H6/c1-14-6-7-17(19(23)10-14)16-4-2-3-5-18(16)22-20(12-24)26-9-8-15(13-27)11-21(26)25-22;1-4-8(3)6-10-7-9(5-2)11-10;1-2/h2-11,13H,1H3;8-11H,4-7H2,1-3H3;1-2H3. The Morgan fingerprint density at radius 3 is 2.40 bits per heavy atom. The van der Waals surface area contributed by atoms with Crippen molar-refractivity contribution >= 4 is 11.9 Å². The number of halogens is 1. The Kier molecular flexibility index (Phi) is 11.2. The molecule has 6 heteroatoms. The van der Waals surface area contributed by atoms with Gasteiger partial charge in [0.05, 0.1) is 0 Å². The first-order valence-electron chi connectivity index (χ1n) is 14.4. The summed E-state index contributed by atoms with van der Waals surface area (Å²) in [5.74, 6) is 0.582. The highest BCUT2D eigenvalue weighted by Crippen LogP contribution is 2.35. The Morgan fingerprint density at radius 1 is 1.10 bits per heavy atom. The molecule has 0 saturated carbocycles. The zero-order chi connectivity index (χ0) is 29.2. The Balaban J connectivity index is 0.000000285. The number of pyridine rings is 1. The van der Waals surface area contributed by atoms with E-state index >= 15 is 0 Å². The van der Waals surface area contributed by atoms with Crippen LogP contribution in [0.5, 0.6) is 0 Å². The largest absolute Gasteiger partial charge is 0.311 e. The molecule has 5 nitrogen and oxygen atoms in total. The smallest absolute Gasteiger partial charge is 0.152 e. The van der Waals surface area contributed by atoms with Crippen molar-refractivity contribution in [1.82, 2.24) is 14.7 Å². The molecule has 210 valence electrons. The van der Waals surface area contributed by atoms with Crippen molar-refractivity contribution < 1.29 is 9.18 Å². The fourth-order valence-corrected chi connectivity index (χ4v) is 4.94. The number of aldehydes is 1. The van der Waals surface area contributed by atoms with Crippen molar-refractivity contribution in [3.8, 4) is 28.5 Å². The predicted octanol–water partition coefficient (Wildman–Crippen LogP) is 8.39. The molecular weight excluding hydrogens is 499 g/mol. The van der Waals surface area contributed by atoms with Gasteiger partial charge in [0.2, 0.25) is 0 Å². The van der Waals surface area contributed by atoms with Gasteiger partial charge >= 0.3 is 0 Å². The molecule has 1 aliphatic heterocycles. The van der Waals surface area contributed by atoms with Crippen LogP contribution in [-0.2, 0) is 0 Å². The summed E-state index contributed by atoms with van der Waals surface area (Å²) in [5, 5.41) is 13.3. The number of aromatic nitrogens is 2. The maximum absolute atomic E-state index is 14.6. The lowest BCUT2D eigenvalue weighted by molar-refractivity contribution is 0.112. The summed E-state index contributed by atoms with van der Waals surface area (Å²) in [4.78, 5) is 15.6. The lowest BCUT2D eigenvalue weighted by Gasteiger charge is -2.38. The molecule has 4 aromatic rings. The molecular formula is C34H41FN4O. The number of hydrogen-bond donors (Lipinski definition) is 1. The number of aryl methyl sites for hydroxylation is 1. The van der Waals surface area contributed by atoms with Crippen molar-refractivity contribution in [3.05, 3.63) is 83.4 Å². The van der Waals surface area contributed by atoms with Gasteiger partial charge in [-0.2, -0.15) is 5.26 Å². The van der Waals surface area contributed by atoms with Gasteiger partial charge in [0, 0.05) is 35.0 Å². The third-order valence-electron chi connectivity index (χ3n) is 7.41. The molecule has 5 rings (SSSR count). The third-order valence-corrected chi connectivity index (χ3v) is 7.41. The van der Waals surface area contributed by atoms with Crippen molar-refractivity contribution in [2.45, 2.75) is 79.3 Å². The van der Waals surface area contributed by atoms with Crippen LogP contribution < -0.4 is 5.32 Å². The molecule has 1 N–H and O–H groups in total. The first kappa shape index (κ1) is 30.7. The fraction of sp³-hybridized carbons (Fsp3) is 0.382. The second kappa shape index (κ2) is 14.5. The molecule has 0 spiro atoms. The van der Waals surface area contributed by atoms with Crippen molar-refractivity contribution in [2.24, 2.45) is 5.92 Å². The van der Waals surface area contributed by atoms with Gasteiger partial charge in [-0.25, -0.2) is 9.37 Å². The molecule has 1 saturated heterocycles. The van der Waals surface area contributed by atoms with Gasteiger partial charge in [-0.3, -0.25) is 9.20 Å². The van der Waals surface area contributed by atoms with Crippen LogP contribution in [0.15, 0.2) is 60.8 Å². The molecule has 2 aromatic carbocycles. The molecule has 1 fully saturated rings. The number of carbonyl (C=O) groups is 1. The van der Waals surface area contributed by atoms with Gasteiger partial charge in [0.25, 0.3) is 0 Å². The van der Waals surface area contributed by atoms with E-state index in [0.29, 0.717) is 39.3 Å². The summed E-state index contributed by atoms with van der Waals surface area (Å²) < 4.78 is 16.2. The average molecular weight is 541 g/mol. The molecule has 0 bridgehead atoms. The predicted molar refractivity (Wildman–Crippen MR) is 162 cm³/mol. The number of nitrogens with zero attached hydrogens (tertiary/aromatic N) is 3. The molecule has 0 amide bonds. The number of rotatable bonds is 7. The molecule has 0 radical (unpaired) electrons. The van der Waals surface area contributed by atoms with Gasteiger partial charge in [-0.1, -0.05) is 77.4 Å². The van der Waals surface area contributed by atoms with Gasteiger partial charge in [0.15, 0.2) is 5.69 Å². The number of nitriles is 1. The summed E-state index contributed by atoms with van der Waals surface area (Å²) in [6.45, 7) is 12.7. The number of imidazole rings is 1. The summed E-state index contributed by atoms with van der Waals surface area (Å²) in [5.41, 5.74) is 4.36. The molecule has 3 atom stereocenters. The second-order valence-corrected chi connectivity index (χ2v) is 10.2. The van der Waals surface area contributed by atoms with Gasteiger partial charge in [0.1, 0.15) is 29.5 Å². The highest BCUT2D eigenvalue weighted by molar-refractivity contribution is 5.86. The van der Waals surface area contributed by atoms with E-state index in [1.165, 1.54) is 31.7 Å². The second-order valence-electron chi connectivity index (χ2n) is 10.2. The maximum atomic E-state index is 14.6. The number of carbonyl (C=O) groups excluding carboxylic acids is 1. The zero-order valence-corrected chi connectivity index (χ0v) is 24.5. The van der Waals surface area contributed by atoms with E-state index in [9.17, 15) is 14.4 Å². The molecule has 40 heavy (non-hydrogen) atoms. The van der Waals surface area contributed by atoms with Crippen LogP contribution in [0.1, 0.15) is 81.9 Å². The number of fused-ring (bicyclic) bond motifs is 1. The third kappa shape index (κ3) is 7.03. The average Bonchev–Trinajstić information content (AvgIpc) is 3.33. The van der Waals surface area contributed by atoms with Crippen molar-refractivity contribution in [1.29, 1.82) is 5.26 Å². The number of nitrogens with one attached hydrogen (secondary N) is 1. The summed E-state index contributed by atoms with van der Waals surface area (Å²) in [6.07, 6.45) is 7.80. The van der Waals surface area contributed by atoms with Crippen LogP contribution in [0, 0.1) is 30.0 Å². The first-order chi connectivity index (χ1) is 19.4. The highest BCUT2D eigenvalue weighted by Gasteiger charge is 2.26. The summed E-state index contributed by atoms with van der Waals surface area (Å²) >= 11 is 0. The lowest BCUT2D eigenvalue weighted by Crippen LogP contribution is -2.52. The van der Waals surface area contributed by atoms with Gasteiger partial charge < -0.3 is 5.32 Å². The normalized spacial score (nSPS) is 16.4. The van der Waals surface area contributed by atoms with E-state index in [2.05, 4.69) is 37.1 Å². The van der Waals surface area contributed by atoms with E-state index < -0.39 is 0 Å². The minimum atomic E-state index is -0.326. The van der Waals surface area contributed by atoms with Crippen LogP contribution >= 0.6 is 0 Å². The fourth-order valence-electron chi connectivity index (χ4n) is 4.94. The SMILES string of the molecule is CC.CCC(C)CC1CC(CC)N1.Cc1ccc(-c2ccccc2-c2nc3cc(C=O)ccn3c2C#N)c(F)c1. The Morgan fingerprint density at radius 2 is 1.80 bits per heavy atom. The van der Waals surface area contributed by atoms with E-state index in [0.717, 1.165) is 29.9 Å². The monoisotopic (exact) mass is 540 g/mol. The molecule has 0 aliphatic carbocycles. The topological polar surface area (TPSA) is 70.2 Å². The van der Waals surface area contributed by atoms with E-state index in [-0.39, 0.29) is 5.82 Å². The van der Waals surface area contributed by atoms with Crippen molar-refractivity contribution in [3.63, 3.8) is 0 Å². The molecule has 2 aromatic heterocycles. The van der Waals surface area contributed by atoms with Gasteiger partial charge in [-0.05, 0) is 61.4 Å². The van der Waals surface area contributed by atoms with E-state index in [1.54, 1.807) is 28.8 Å². The van der Waals surface area contributed by atoms with E-state index in [1.807, 2.05) is 51.1 Å². The zero-order valence-electron chi connectivity index (χ0n) is 24.5. The van der Waals surface area contributed by atoms with Crippen LogP contribution in [0.25, 0.3) is 28.0 Å².